The molecule has 3 rings (SSSR count). The molecule has 0 aliphatic carbocycles. The van der Waals surface area contributed by atoms with Crippen LogP contribution in [0.4, 0.5) is 0 Å². The first-order valence-electron chi connectivity index (χ1n) is 13.4. The van der Waals surface area contributed by atoms with Crippen LogP contribution in [0.3, 0.4) is 0 Å². The van der Waals surface area contributed by atoms with Gasteiger partial charge in [0.1, 0.15) is 12.1 Å². The van der Waals surface area contributed by atoms with E-state index in [-0.39, 0.29) is 49.1 Å². The van der Waals surface area contributed by atoms with E-state index in [9.17, 15) is 33.9 Å². The fraction of sp³-hybridized carbons (Fsp3) is 0.400. The first kappa shape index (κ1) is 31.5. The van der Waals surface area contributed by atoms with Crippen LogP contribution in [0.5, 0.6) is 0 Å². The molecule has 0 aromatic heterocycles. The van der Waals surface area contributed by atoms with Crippen LogP contribution in [0.2, 0.25) is 0 Å². The molecule has 0 saturated heterocycles. The Balaban J connectivity index is 1.79. The average molecular weight is 582 g/mol. The molecule has 0 radical (unpaired) electrons. The first-order chi connectivity index (χ1) is 19.5. The Kier molecular flexibility index (Phi) is 11.2. The largest absolute Gasteiger partial charge is 0.480 e. The number of nitrogens with one attached hydrogen (secondary N) is 1. The highest BCUT2D eigenvalue weighted by Crippen LogP contribution is 2.23. The third-order valence-corrected chi connectivity index (χ3v) is 7.45. The molecule has 0 spiro atoms. The summed E-state index contributed by atoms with van der Waals surface area (Å²) in [5.74, 6) is -3.37. The maximum absolute atomic E-state index is 13.6. The van der Waals surface area contributed by atoms with Crippen LogP contribution >= 0.6 is 11.8 Å². The van der Waals surface area contributed by atoms with Gasteiger partial charge >= 0.3 is 5.97 Å². The van der Waals surface area contributed by atoms with Crippen LogP contribution in [-0.4, -0.2) is 80.5 Å². The molecule has 11 heteroatoms. The summed E-state index contributed by atoms with van der Waals surface area (Å²) in [5.41, 5.74) is 1.37. The molecular formula is C30H35N3O7S. The van der Waals surface area contributed by atoms with Gasteiger partial charge in [0, 0.05) is 26.4 Å². The molecule has 1 heterocycles. The fourth-order valence-corrected chi connectivity index (χ4v) is 5.17. The Morgan fingerprint density at radius 1 is 0.951 bits per heavy atom. The number of carbonyl (C=O) groups excluding carboxylic acids is 5. The molecule has 10 nitrogen and oxygen atoms in total. The number of carboxylic acid groups (broad SMARTS) is 1. The van der Waals surface area contributed by atoms with Crippen molar-refractivity contribution in [3.8, 4) is 0 Å². The Bertz CT molecular complexity index is 1260. The van der Waals surface area contributed by atoms with Crippen molar-refractivity contribution in [1.82, 2.24) is 15.1 Å². The molecule has 1 aliphatic rings. The summed E-state index contributed by atoms with van der Waals surface area (Å²) in [4.78, 5) is 78.5. The van der Waals surface area contributed by atoms with Gasteiger partial charge in [-0.2, -0.15) is 0 Å². The lowest BCUT2D eigenvalue weighted by molar-refractivity contribution is -0.144. The molecule has 2 aromatic carbocycles. The van der Waals surface area contributed by atoms with Crippen LogP contribution in [0.25, 0.3) is 0 Å². The smallest absolute Gasteiger partial charge is 0.326 e. The Morgan fingerprint density at radius 2 is 1.54 bits per heavy atom. The van der Waals surface area contributed by atoms with Gasteiger partial charge in [0.25, 0.3) is 11.8 Å². The highest BCUT2D eigenvalue weighted by atomic mass is 32.2. The van der Waals surface area contributed by atoms with Crippen molar-refractivity contribution in [3.63, 3.8) is 0 Å². The van der Waals surface area contributed by atoms with E-state index in [2.05, 4.69) is 5.32 Å². The quantitative estimate of drug-likeness (QED) is 0.325. The Hall–Kier alpha value is -3.99. The second-order valence-corrected chi connectivity index (χ2v) is 11.4. The van der Waals surface area contributed by atoms with Crippen molar-refractivity contribution in [2.75, 3.05) is 18.8 Å². The fourth-order valence-electron chi connectivity index (χ4n) is 4.68. The van der Waals surface area contributed by atoms with E-state index >= 15 is 0 Å². The van der Waals surface area contributed by atoms with E-state index in [0.717, 1.165) is 22.2 Å². The SMILES string of the molecule is CC(=O)SCC(=O)N(CCCN1C(=O)c2ccccc2C1=O)[C@@H](CC(C)C)C(=O)N[C@@H](Cc1ccccc1)C(=O)O. The standard InChI is InChI=1S/C30H35N3O7S/c1-19(2)16-25(27(36)31-24(30(39)40)17-21-10-5-4-6-11-21)32(26(35)18-41-20(3)34)14-9-15-33-28(37)22-12-7-8-13-23(22)29(33)38/h4-8,10-13,19,24-25H,9,14-18H2,1-3H3,(H,31,36)(H,39,40)/t24-,25-/m0/s1. The van der Waals surface area contributed by atoms with E-state index in [1.165, 1.54) is 11.8 Å². The molecule has 41 heavy (non-hydrogen) atoms. The molecule has 4 amide bonds. The van der Waals surface area contributed by atoms with Crippen LogP contribution in [0.1, 0.15) is 59.9 Å². The van der Waals surface area contributed by atoms with Gasteiger partial charge in [-0.3, -0.25) is 28.9 Å². The third-order valence-electron chi connectivity index (χ3n) is 6.65. The number of benzene rings is 2. The summed E-state index contributed by atoms with van der Waals surface area (Å²) >= 11 is 0.813. The van der Waals surface area contributed by atoms with Crippen molar-refractivity contribution >= 4 is 46.5 Å². The summed E-state index contributed by atoms with van der Waals surface area (Å²) in [6.45, 7) is 5.14. The van der Waals surface area contributed by atoms with E-state index in [1.54, 1.807) is 54.6 Å². The minimum absolute atomic E-state index is 0.0198. The lowest BCUT2D eigenvalue weighted by Crippen LogP contribution is -2.55. The number of carbonyl (C=O) groups is 6. The predicted molar refractivity (Wildman–Crippen MR) is 154 cm³/mol. The third kappa shape index (κ3) is 8.50. The minimum atomic E-state index is -1.22. The van der Waals surface area contributed by atoms with E-state index in [1.807, 2.05) is 13.8 Å². The number of thioether (sulfide) groups is 1. The molecule has 2 atom stereocenters. The molecule has 0 saturated carbocycles. The number of carboxylic acids is 1. The number of aliphatic carboxylic acids is 1. The Labute approximate surface area is 243 Å². The molecule has 0 unspecified atom stereocenters. The second-order valence-electron chi connectivity index (χ2n) is 10.3. The summed E-state index contributed by atoms with van der Waals surface area (Å²) in [6.07, 6.45) is 0.493. The zero-order chi connectivity index (χ0) is 30.1. The van der Waals surface area contributed by atoms with Gasteiger partial charge in [-0.15, -0.1) is 0 Å². The van der Waals surface area contributed by atoms with Crippen LogP contribution in [-0.2, 0) is 25.6 Å². The second kappa shape index (κ2) is 14.6. The lowest BCUT2D eigenvalue weighted by Gasteiger charge is -2.33. The number of fused-ring (bicyclic) bond motifs is 1. The van der Waals surface area contributed by atoms with Crippen molar-refractivity contribution in [1.29, 1.82) is 0 Å². The Morgan fingerprint density at radius 3 is 2.07 bits per heavy atom. The van der Waals surface area contributed by atoms with Crippen molar-refractivity contribution < 1.29 is 33.9 Å². The molecule has 2 N–H and O–H groups in total. The van der Waals surface area contributed by atoms with Gasteiger partial charge in [0.2, 0.25) is 11.8 Å². The van der Waals surface area contributed by atoms with Gasteiger partial charge in [-0.25, -0.2) is 4.79 Å². The average Bonchev–Trinajstić information content (AvgIpc) is 3.17. The van der Waals surface area contributed by atoms with Crippen LogP contribution in [0.15, 0.2) is 54.6 Å². The number of nitrogens with zero attached hydrogens (tertiary/aromatic N) is 2. The summed E-state index contributed by atoms with van der Waals surface area (Å²) < 4.78 is 0. The number of hydrogen-bond acceptors (Lipinski definition) is 7. The molecule has 0 fully saturated rings. The molecule has 0 bridgehead atoms. The van der Waals surface area contributed by atoms with Crippen molar-refractivity contribution in [2.24, 2.45) is 5.92 Å². The maximum atomic E-state index is 13.6. The van der Waals surface area contributed by atoms with Crippen LogP contribution < -0.4 is 5.32 Å². The minimum Gasteiger partial charge on any atom is -0.480 e. The highest BCUT2D eigenvalue weighted by molar-refractivity contribution is 8.14. The van der Waals surface area contributed by atoms with Gasteiger partial charge in [0.05, 0.1) is 16.9 Å². The van der Waals surface area contributed by atoms with Crippen molar-refractivity contribution in [2.45, 2.75) is 52.1 Å². The van der Waals surface area contributed by atoms with Crippen molar-refractivity contribution in [3.05, 3.63) is 71.3 Å². The maximum Gasteiger partial charge on any atom is 0.326 e. The number of rotatable bonds is 14. The summed E-state index contributed by atoms with van der Waals surface area (Å²) in [7, 11) is 0. The lowest BCUT2D eigenvalue weighted by atomic mass is 9.99. The van der Waals surface area contributed by atoms with E-state index in [4.69, 9.17) is 0 Å². The highest BCUT2D eigenvalue weighted by Gasteiger charge is 2.36. The number of hydrogen-bond donors (Lipinski definition) is 2. The monoisotopic (exact) mass is 581 g/mol. The summed E-state index contributed by atoms with van der Waals surface area (Å²) in [6, 6.07) is 13.2. The normalized spacial score (nSPS) is 14.0. The molecule has 218 valence electrons. The number of amides is 4. The van der Waals surface area contributed by atoms with E-state index in [0.29, 0.717) is 11.1 Å². The first-order valence-corrected chi connectivity index (χ1v) is 14.4. The topological polar surface area (TPSA) is 141 Å². The van der Waals surface area contributed by atoms with Gasteiger partial charge in [-0.1, -0.05) is 68.1 Å². The molecule has 2 aromatic rings. The van der Waals surface area contributed by atoms with Gasteiger partial charge in [-0.05, 0) is 36.5 Å². The number of imide groups is 1. The van der Waals surface area contributed by atoms with Gasteiger partial charge < -0.3 is 15.3 Å². The van der Waals surface area contributed by atoms with Gasteiger partial charge in [0.15, 0.2) is 5.12 Å². The molecular weight excluding hydrogens is 546 g/mol. The predicted octanol–water partition coefficient (Wildman–Crippen LogP) is 3.01. The molecule has 1 aliphatic heterocycles. The van der Waals surface area contributed by atoms with E-state index < -0.39 is 41.7 Å². The van der Waals surface area contributed by atoms with Crippen LogP contribution in [0, 0.1) is 5.92 Å². The zero-order valence-electron chi connectivity index (χ0n) is 23.4. The zero-order valence-corrected chi connectivity index (χ0v) is 24.2. The summed E-state index contributed by atoms with van der Waals surface area (Å²) in [5, 5.41) is 12.2.